The SMILES string of the molecule is O=C(OC1COC2C(O)CO[C@@H]12)c1cc(O)c(O)c(O)c1. The third kappa shape index (κ3) is 2.37. The number of benzene rings is 1. The van der Waals surface area contributed by atoms with Crippen LogP contribution in [0.15, 0.2) is 12.1 Å². The van der Waals surface area contributed by atoms with Gasteiger partial charge < -0.3 is 34.6 Å². The fourth-order valence-corrected chi connectivity index (χ4v) is 2.47. The molecule has 1 aromatic rings. The molecule has 0 saturated carbocycles. The van der Waals surface area contributed by atoms with E-state index in [1.807, 2.05) is 0 Å². The zero-order valence-corrected chi connectivity index (χ0v) is 10.8. The third-order valence-electron chi connectivity index (χ3n) is 3.55. The topological polar surface area (TPSA) is 126 Å². The number of hydrogen-bond acceptors (Lipinski definition) is 8. The highest BCUT2D eigenvalue weighted by Crippen LogP contribution is 2.36. The zero-order chi connectivity index (χ0) is 15.1. The number of ether oxygens (including phenoxy) is 3. The van der Waals surface area contributed by atoms with Crippen LogP contribution >= 0.6 is 0 Å². The summed E-state index contributed by atoms with van der Waals surface area (Å²) in [5.41, 5.74) is -0.121. The second kappa shape index (κ2) is 5.06. The van der Waals surface area contributed by atoms with Crippen LogP contribution in [0, 0.1) is 0 Å². The molecule has 1 aromatic carbocycles. The lowest BCUT2D eigenvalue weighted by Gasteiger charge is -2.16. The normalized spacial score (nSPS) is 31.1. The number of phenolic OH excluding ortho intramolecular Hbond substituents is 3. The highest BCUT2D eigenvalue weighted by molar-refractivity contribution is 5.91. The molecule has 3 unspecified atom stereocenters. The average molecular weight is 298 g/mol. The fraction of sp³-hybridized carbons (Fsp3) is 0.462. The minimum Gasteiger partial charge on any atom is -0.504 e. The molecule has 2 fully saturated rings. The van der Waals surface area contributed by atoms with Crippen LogP contribution in [0.5, 0.6) is 17.2 Å². The Kier molecular flexibility index (Phi) is 3.36. The van der Waals surface area contributed by atoms with Crippen molar-refractivity contribution >= 4 is 5.97 Å². The molecular weight excluding hydrogens is 284 g/mol. The fourth-order valence-electron chi connectivity index (χ4n) is 2.47. The van der Waals surface area contributed by atoms with E-state index in [0.29, 0.717) is 0 Å². The van der Waals surface area contributed by atoms with E-state index in [1.54, 1.807) is 0 Å². The number of carbonyl (C=O) groups is 1. The van der Waals surface area contributed by atoms with Gasteiger partial charge in [0.15, 0.2) is 23.4 Å². The maximum absolute atomic E-state index is 12.0. The van der Waals surface area contributed by atoms with Gasteiger partial charge in [0.2, 0.25) is 0 Å². The van der Waals surface area contributed by atoms with Gasteiger partial charge in [-0.05, 0) is 12.1 Å². The summed E-state index contributed by atoms with van der Waals surface area (Å²) in [6, 6.07) is 1.96. The first-order valence-corrected chi connectivity index (χ1v) is 6.34. The van der Waals surface area contributed by atoms with Crippen LogP contribution in [-0.2, 0) is 14.2 Å². The maximum atomic E-state index is 12.0. The van der Waals surface area contributed by atoms with Crippen molar-refractivity contribution in [3.05, 3.63) is 17.7 Å². The molecule has 0 spiro atoms. The van der Waals surface area contributed by atoms with Crippen molar-refractivity contribution in [3.8, 4) is 17.2 Å². The van der Waals surface area contributed by atoms with E-state index in [2.05, 4.69) is 0 Å². The van der Waals surface area contributed by atoms with Crippen molar-refractivity contribution in [1.82, 2.24) is 0 Å². The highest BCUT2D eigenvalue weighted by Gasteiger charge is 2.49. The molecule has 0 bridgehead atoms. The third-order valence-corrected chi connectivity index (χ3v) is 3.55. The minimum absolute atomic E-state index is 0.0914. The molecule has 0 aliphatic carbocycles. The lowest BCUT2D eigenvalue weighted by atomic mass is 10.1. The summed E-state index contributed by atoms with van der Waals surface area (Å²) < 4.78 is 15.8. The summed E-state index contributed by atoms with van der Waals surface area (Å²) in [6.07, 6.45) is -2.49. The van der Waals surface area contributed by atoms with Crippen LogP contribution in [0.25, 0.3) is 0 Å². The predicted octanol–water partition coefficient (Wildman–Crippen LogP) is -0.513. The first kappa shape index (κ1) is 13.9. The molecule has 4 N–H and O–H groups in total. The monoisotopic (exact) mass is 298 g/mol. The molecule has 8 nitrogen and oxygen atoms in total. The van der Waals surface area contributed by atoms with E-state index in [9.17, 15) is 25.2 Å². The van der Waals surface area contributed by atoms with Gasteiger partial charge in [0.05, 0.1) is 18.8 Å². The molecule has 0 aromatic heterocycles. The number of carbonyl (C=O) groups excluding carboxylic acids is 1. The maximum Gasteiger partial charge on any atom is 0.338 e. The van der Waals surface area contributed by atoms with Gasteiger partial charge in [-0.1, -0.05) is 0 Å². The summed E-state index contributed by atoms with van der Waals surface area (Å²) in [5.74, 6) is -2.78. The van der Waals surface area contributed by atoms with Gasteiger partial charge in [-0.3, -0.25) is 0 Å². The van der Waals surface area contributed by atoms with Gasteiger partial charge in [-0.2, -0.15) is 0 Å². The first-order chi connectivity index (χ1) is 9.97. The Labute approximate surface area is 119 Å². The minimum atomic E-state index is -0.806. The first-order valence-electron chi connectivity index (χ1n) is 6.34. The Bertz CT molecular complexity index is 548. The summed E-state index contributed by atoms with van der Waals surface area (Å²) in [6.45, 7) is 0.207. The van der Waals surface area contributed by atoms with E-state index >= 15 is 0 Å². The van der Waals surface area contributed by atoms with Crippen LogP contribution in [0.2, 0.25) is 0 Å². The van der Waals surface area contributed by atoms with E-state index in [4.69, 9.17) is 14.2 Å². The van der Waals surface area contributed by atoms with Gasteiger partial charge in [-0.25, -0.2) is 4.79 Å². The van der Waals surface area contributed by atoms with Crippen LogP contribution < -0.4 is 0 Å². The van der Waals surface area contributed by atoms with Gasteiger partial charge in [-0.15, -0.1) is 0 Å². The quantitative estimate of drug-likeness (QED) is 0.425. The van der Waals surface area contributed by atoms with E-state index < -0.39 is 47.6 Å². The van der Waals surface area contributed by atoms with Crippen molar-refractivity contribution in [2.24, 2.45) is 0 Å². The lowest BCUT2D eigenvalue weighted by Crippen LogP contribution is -2.34. The Balaban J connectivity index is 1.73. The number of rotatable bonds is 2. The van der Waals surface area contributed by atoms with Gasteiger partial charge in [0.1, 0.15) is 18.3 Å². The van der Waals surface area contributed by atoms with Crippen molar-refractivity contribution in [2.45, 2.75) is 24.4 Å². The largest absolute Gasteiger partial charge is 0.504 e. The second-order valence-electron chi connectivity index (χ2n) is 4.97. The molecule has 0 amide bonds. The number of fused-ring (bicyclic) bond motifs is 1. The predicted molar refractivity (Wildman–Crippen MR) is 66.1 cm³/mol. The van der Waals surface area contributed by atoms with E-state index in [1.165, 1.54) is 0 Å². The molecule has 2 aliphatic heterocycles. The Hall–Kier alpha value is -2.03. The second-order valence-corrected chi connectivity index (χ2v) is 4.97. The highest BCUT2D eigenvalue weighted by atomic mass is 16.6. The molecular formula is C13H14O8. The average Bonchev–Trinajstić information content (AvgIpc) is 3.00. The van der Waals surface area contributed by atoms with Crippen LogP contribution in [-0.4, -0.2) is 64.0 Å². The lowest BCUT2D eigenvalue weighted by molar-refractivity contribution is -0.0209. The number of aliphatic hydroxyl groups is 1. The summed E-state index contributed by atoms with van der Waals surface area (Å²) in [7, 11) is 0. The van der Waals surface area contributed by atoms with Gasteiger partial charge >= 0.3 is 5.97 Å². The summed E-state index contributed by atoms with van der Waals surface area (Å²) in [5, 5.41) is 37.6. The van der Waals surface area contributed by atoms with E-state index in [-0.39, 0.29) is 18.8 Å². The Morgan fingerprint density at radius 1 is 1.10 bits per heavy atom. The zero-order valence-electron chi connectivity index (χ0n) is 10.8. The Morgan fingerprint density at radius 2 is 1.71 bits per heavy atom. The molecule has 8 heteroatoms. The molecule has 3 rings (SSSR count). The summed E-state index contributed by atoms with van der Waals surface area (Å²) in [4.78, 5) is 12.0. The molecule has 114 valence electrons. The Morgan fingerprint density at radius 3 is 2.38 bits per heavy atom. The number of aromatic hydroxyl groups is 3. The van der Waals surface area contributed by atoms with Crippen molar-refractivity contribution in [1.29, 1.82) is 0 Å². The van der Waals surface area contributed by atoms with Gasteiger partial charge in [0, 0.05) is 0 Å². The number of phenols is 3. The number of esters is 1. The number of hydrogen-bond donors (Lipinski definition) is 4. The molecule has 21 heavy (non-hydrogen) atoms. The molecule has 2 heterocycles. The molecule has 2 saturated heterocycles. The number of aliphatic hydroxyl groups excluding tert-OH is 1. The van der Waals surface area contributed by atoms with Crippen molar-refractivity contribution in [3.63, 3.8) is 0 Å². The smallest absolute Gasteiger partial charge is 0.338 e. The van der Waals surface area contributed by atoms with Crippen LogP contribution in [0.3, 0.4) is 0 Å². The van der Waals surface area contributed by atoms with E-state index in [0.717, 1.165) is 12.1 Å². The van der Waals surface area contributed by atoms with Crippen LogP contribution in [0.1, 0.15) is 10.4 Å². The molecule has 0 radical (unpaired) electrons. The van der Waals surface area contributed by atoms with Gasteiger partial charge in [0.25, 0.3) is 0 Å². The van der Waals surface area contributed by atoms with Crippen molar-refractivity contribution in [2.75, 3.05) is 13.2 Å². The molecule has 4 atom stereocenters. The molecule has 2 aliphatic rings. The summed E-state index contributed by atoms with van der Waals surface area (Å²) >= 11 is 0. The standard InChI is InChI=1S/C13H14O8/c14-6-1-5(2-7(15)10(6)17)13(18)21-9-4-20-11-8(16)3-19-12(9)11/h1-2,8-9,11-12,14-17H,3-4H2/t8?,9?,11?,12-/m0/s1. The van der Waals surface area contributed by atoms with Crippen molar-refractivity contribution < 1.29 is 39.4 Å². The van der Waals surface area contributed by atoms with Crippen LogP contribution in [0.4, 0.5) is 0 Å².